The van der Waals surface area contributed by atoms with Crippen LogP contribution >= 0.6 is 11.6 Å². The lowest BCUT2D eigenvalue weighted by Gasteiger charge is -2.21. The van der Waals surface area contributed by atoms with Gasteiger partial charge in [0, 0.05) is 23.7 Å². The number of hydrogen-bond donors (Lipinski definition) is 1. The van der Waals surface area contributed by atoms with Crippen molar-refractivity contribution in [3.63, 3.8) is 0 Å². The minimum absolute atomic E-state index is 0.122. The normalized spacial score (nSPS) is 11.4. The Kier molecular flexibility index (Phi) is 11.0. The predicted octanol–water partition coefficient (Wildman–Crippen LogP) is 7.10. The fraction of sp³-hybridized carbons (Fsp3) is 0.500. The molecule has 2 aromatic carbocycles. The van der Waals surface area contributed by atoms with Gasteiger partial charge >= 0.3 is 0 Å². The van der Waals surface area contributed by atoms with Crippen molar-refractivity contribution in [2.24, 2.45) is 0 Å². The van der Waals surface area contributed by atoms with Gasteiger partial charge in [0.25, 0.3) is 5.91 Å². The van der Waals surface area contributed by atoms with Crippen LogP contribution in [-0.2, 0) is 5.41 Å². The molecule has 0 aliphatic carbocycles. The SMILES string of the molecule is COc1ccc(OC)c(-n2nnc(C(=O)Nc3cc(OCCCCCCCCCl)cc(C(C)(C)C)c3)c2C)c1. The number of aromatic nitrogens is 3. The van der Waals surface area contributed by atoms with Crippen molar-refractivity contribution >= 4 is 23.2 Å². The summed E-state index contributed by atoms with van der Waals surface area (Å²) in [4.78, 5) is 13.3. The number of amides is 1. The van der Waals surface area contributed by atoms with Crippen molar-refractivity contribution in [2.75, 3.05) is 32.0 Å². The van der Waals surface area contributed by atoms with Gasteiger partial charge in [0.15, 0.2) is 5.69 Å². The van der Waals surface area contributed by atoms with Gasteiger partial charge in [-0.25, -0.2) is 4.68 Å². The highest BCUT2D eigenvalue weighted by atomic mass is 35.5. The molecule has 0 fully saturated rings. The summed E-state index contributed by atoms with van der Waals surface area (Å²) in [7, 11) is 3.17. The molecule has 3 rings (SSSR count). The number of alkyl halides is 1. The Morgan fingerprint density at radius 1 is 0.949 bits per heavy atom. The Bertz CT molecular complexity index is 1240. The van der Waals surface area contributed by atoms with E-state index in [1.54, 1.807) is 44.0 Å². The molecule has 1 amide bonds. The number of carbonyl (C=O) groups is 1. The van der Waals surface area contributed by atoms with Gasteiger partial charge in [0.05, 0.1) is 26.5 Å². The molecule has 9 heteroatoms. The van der Waals surface area contributed by atoms with E-state index in [1.807, 2.05) is 18.2 Å². The number of rotatable bonds is 14. The molecule has 1 aromatic heterocycles. The first-order valence-electron chi connectivity index (χ1n) is 13.5. The molecule has 1 heterocycles. The topological polar surface area (TPSA) is 87.5 Å². The number of nitrogens with zero attached hydrogens (tertiary/aromatic N) is 3. The largest absolute Gasteiger partial charge is 0.497 e. The molecule has 0 aliphatic heterocycles. The first-order chi connectivity index (χ1) is 18.7. The molecule has 0 bridgehead atoms. The molecular weight excluding hydrogens is 516 g/mol. The molecular formula is C30H41ClN4O4. The quantitative estimate of drug-likeness (QED) is 0.168. The van der Waals surface area contributed by atoms with E-state index in [-0.39, 0.29) is 17.0 Å². The van der Waals surface area contributed by atoms with Gasteiger partial charge in [-0.05, 0) is 55.0 Å². The number of unbranched alkanes of at least 4 members (excludes halogenated alkanes) is 5. The summed E-state index contributed by atoms with van der Waals surface area (Å²) < 4.78 is 18.5. The Morgan fingerprint density at radius 3 is 2.33 bits per heavy atom. The van der Waals surface area contributed by atoms with Crippen LogP contribution < -0.4 is 19.5 Å². The van der Waals surface area contributed by atoms with Gasteiger partial charge in [-0.3, -0.25) is 4.79 Å². The monoisotopic (exact) mass is 556 g/mol. The molecule has 0 atom stereocenters. The van der Waals surface area contributed by atoms with Crippen molar-refractivity contribution in [1.82, 2.24) is 15.0 Å². The van der Waals surface area contributed by atoms with E-state index in [9.17, 15) is 4.79 Å². The van der Waals surface area contributed by atoms with Crippen LogP contribution in [0.15, 0.2) is 36.4 Å². The second-order valence-electron chi connectivity index (χ2n) is 10.6. The van der Waals surface area contributed by atoms with E-state index in [2.05, 4.69) is 36.4 Å². The van der Waals surface area contributed by atoms with E-state index < -0.39 is 0 Å². The smallest absolute Gasteiger partial charge is 0.278 e. The molecule has 0 saturated heterocycles. The molecule has 1 N–H and O–H groups in total. The molecule has 8 nitrogen and oxygen atoms in total. The molecule has 212 valence electrons. The Balaban J connectivity index is 1.75. The number of hydrogen-bond acceptors (Lipinski definition) is 6. The Hall–Kier alpha value is -3.26. The maximum Gasteiger partial charge on any atom is 0.278 e. The highest BCUT2D eigenvalue weighted by molar-refractivity contribution is 6.17. The predicted molar refractivity (Wildman–Crippen MR) is 156 cm³/mol. The lowest BCUT2D eigenvalue weighted by molar-refractivity contribution is 0.102. The summed E-state index contributed by atoms with van der Waals surface area (Å²) in [6, 6.07) is 11.3. The molecule has 3 aromatic rings. The van der Waals surface area contributed by atoms with Crippen LogP contribution in [-0.4, -0.2) is 47.6 Å². The summed E-state index contributed by atoms with van der Waals surface area (Å²) in [6.45, 7) is 8.83. The van der Waals surface area contributed by atoms with Crippen LogP contribution in [0.2, 0.25) is 0 Å². The number of ether oxygens (including phenoxy) is 3. The molecule has 0 radical (unpaired) electrons. The minimum atomic E-state index is -0.352. The third-order valence-electron chi connectivity index (χ3n) is 6.55. The first-order valence-corrected chi connectivity index (χ1v) is 14.0. The second kappa shape index (κ2) is 14.2. The number of methoxy groups -OCH3 is 2. The van der Waals surface area contributed by atoms with Crippen LogP contribution in [0.3, 0.4) is 0 Å². The lowest BCUT2D eigenvalue weighted by Crippen LogP contribution is -2.16. The molecule has 0 unspecified atom stereocenters. The Labute approximate surface area is 237 Å². The van der Waals surface area contributed by atoms with Crippen LogP contribution in [0.4, 0.5) is 5.69 Å². The van der Waals surface area contributed by atoms with Gasteiger partial charge in [-0.1, -0.05) is 51.7 Å². The average molecular weight is 557 g/mol. The third-order valence-corrected chi connectivity index (χ3v) is 6.82. The fourth-order valence-corrected chi connectivity index (χ4v) is 4.39. The Morgan fingerprint density at radius 2 is 1.67 bits per heavy atom. The van der Waals surface area contributed by atoms with Crippen molar-refractivity contribution in [1.29, 1.82) is 0 Å². The van der Waals surface area contributed by atoms with Crippen molar-refractivity contribution < 1.29 is 19.0 Å². The van der Waals surface area contributed by atoms with Crippen molar-refractivity contribution in [3.05, 3.63) is 53.3 Å². The second-order valence-corrected chi connectivity index (χ2v) is 11.0. The zero-order valence-corrected chi connectivity index (χ0v) is 24.7. The summed E-state index contributed by atoms with van der Waals surface area (Å²) in [5, 5.41) is 11.4. The van der Waals surface area contributed by atoms with Gasteiger partial charge < -0.3 is 19.5 Å². The summed E-state index contributed by atoms with van der Waals surface area (Å²) in [5.74, 6) is 2.35. The van der Waals surface area contributed by atoms with Gasteiger partial charge in [-0.15, -0.1) is 16.7 Å². The zero-order valence-electron chi connectivity index (χ0n) is 24.0. The number of anilines is 1. The average Bonchev–Trinajstić information content (AvgIpc) is 3.30. The summed E-state index contributed by atoms with van der Waals surface area (Å²) in [6.07, 6.45) is 6.76. The zero-order chi connectivity index (χ0) is 28.4. The first kappa shape index (κ1) is 30.3. The fourth-order valence-electron chi connectivity index (χ4n) is 4.20. The van der Waals surface area contributed by atoms with Crippen LogP contribution in [0.1, 0.15) is 81.0 Å². The minimum Gasteiger partial charge on any atom is -0.497 e. The summed E-state index contributed by atoms with van der Waals surface area (Å²) in [5.41, 5.74) is 3.02. The van der Waals surface area contributed by atoms with Crippen LogP contribution in [0, 0.1) is 6.92 Å². The number of nitrogens with one attached hydrogen (secondary N) is 1. The van der Waals surface area contributed by atoms with Gasteiger partial charge in [-0.2, -0.15) is 0 Å². The molecule has 0 aliphatic rings. The van der Waals surface area contributed by atoms with Gasteiger partial charge in [0.2, 0.25) is 0 Å². The lowest BCUT2D eigenvalue weighted by atomic mass is 9.86. The highest BCUT2D eigenvalue weighted by Gasteiger charge is 2.22. The molecule has 0 spiro atoms. The molecule has 39 heavy (non-hydrogen) atoms. The van der Waals surface area contributed by atoms with E-state index in [4.69, 9.17) is 25.8 Å². The van der Waals surface area contributed by atoms with E-state index >= 15 is 0 Å². The van der Waals surface area contributed by atoms with Crippen LogP contribution in [0.25, 0.3) is 5.69 Å². The summed E-state index contributed by atoms with van der Waals surface area (Å²) >= 11 is 5.75. The number of halogens is 1. The van der Waals surface area contributed by atoms with Crippen molar-refractivity contribution in [3.8, 4) is 22.9 Å². The third kappa shape index (κ3) is 8.36. The number of carbonyl (C=O) groups excluding carboxylic acids is 1. The van der Waals surface area contributed by atoms with Crippen LogP contribution in [0.5, 0.6) is 17.2 Å². The number of benzene rings is 2. The maximum atomic E-state index is 13.3. The van der Waals surface area contributed by atoms with Gasteiger partial charge in [0.1, 0.15) is 22.9 Å². The highest BCUT2D eigenvalue weighted by Crippen LogP contribution is 2.31. The van der Waals surface area contributed by atoms with Crippen molar-refractivity contribution in [2.45, 2.75) is 71.6 Å². The standard InChI is InChI=1S/C30H41ClN4O4/c1-21-28(33-34-35(21)26-20-24(37-5)13-14-27(26)38-6)29(36)32-23-17-22(30(2,3)4)18-25(19-23)39-16-12-10-8-7-9-11-15-31/h13-14,17-20H,7-12,15-16H2,1-6H3,(H,32,36). The van der Waals surface area contributed by atoms with E-state index in [0.717, 1.165) is 36.5 Å². The van der Waals surface area contributed by atoms with E-state index in [0.29, 0.717) is 35.2 Å². The van der Waals surface area contributed by atoms with E-state index in [1.165, 1.54) is 19.3 Å². The molecule has 0 saturated carbocycles. The maximum absolute atomic E-state index is 13.3.